The number of aromatic nitrogens is 2. The van der Waals surface area contributed by atoms with Crippen molar-refractivity contribution in [3.8, 4) is 0 Å². The SMILES string of the molecule is Cc1cc(=O)oc2cc(NC(=O)Cn3cccnc3=O)ccc12. The van der Waals surface area contributed by atoms with E-state index in [2.05, 4.69) is 10.3 Å². The van der Waals surface area contributed by atoms with Crippen LogP contribution in [0.25, 0.3) is 11.0 Å². The van der Waals surface area contributed by atoms with Crippen molar-refractivity contribution in [2.75, 3.05) is 5.32 Å². The highest BCUT2D eigenvalue weighted by atomic mass is 16.4. The number of benzene rings is 1. The highest BCUT2D eigenvalue weighted by Gasteiger charge is 2.08. The Morgan fingerprint density at radius 2 is 2.13 bits per heavy atom. The molecule has 116 valence electrons. The maximum absolute atomic E-state index is 12.0. The van der Waals surface area contributed by atoms with Gasteiger partial charge in [-0.25, -0.2) is 14.6 Å². The monoisotopic (exact) mass is 311 g/mol. The smallest absolute Gasteiger partial charge is 0.347 e. The average molecular weight is 311 g/mol. The summed E-state index contributed by atoms with van der Waals surface area (Å²) in [5.74, 6) is -0.380. The van der Waals surface area contributed by atoms with Gasteiger partial charge in [-0.2, -0.15) is 0 Å². The lowest BCUT2D eigenvalue weighted by atomic mass is 10.1. The van der Waals surface area contributed by atoms with Crippen LogP contribution in [0.15, 0.2) is 56.7 Å². The lowest BCUT2D eigenvalue weighted by Gasteiger charge is -2.08. The molecule has 1 N–H and O–H groups in total. The van der Waals surface area contributed by atoms with Crippen molar-refractivity contribution in [2.45, 2.75) is 13.5 Å². The average Bonchev–Trinajstić information content (AvgIpc) is 2.49. The van der Waals surface area contributed by atoms with Crippen LogP contribution in [0.3, 0.4) is 0 Å². The van der Waals surface area contributed by atoms with Gasteiger partial charge in [-0.05, 0) is 30.7 Å². The number of aryl methyl sites for hydroxylation is 1. The molecule has 7 nitrogen and oxygen atoms in total. The fourth-order valence-electron chi connectivity index (χ4n) is 2.27. The van der Waals surface area contributed by atoms with E-state index in [0.717, 1.165) is 10.9 Å². The van der Waals surface area contributed by atoms with Crippen molar-refractivity contribution < 1.29 is 9.21 Å². The van der Waals surface area contributed by atoms with Crippen molar-refractivity contribution >= 4 is 22.6 Å². The van der Waals surface area contributed by atoms with Gasteiger partial charge in [-0.15, -0.1) is 0 Å². The maximum Gasteiger partial charge on any atom is 0.347 e. The Morgan fingerprint density at radius 3 is 2.91 bits per heavy atom. The summed E-state index contributed by atoms with van der Waals surface area (Å²) in [7, 11) is 0. The van der Waals surface area contributed by atoms with Gasteiger partial charge < -0.3 is 9.73 Å². The van der Waals surface area contributed by atoms with E-state index < -0.39 is 11.3 Å². The van der Waals surface area contributed by atoms with E-state index in [1.54, 1.807) is 24.3 Å². The molecule has 0 unspecified atom stereocenters. The minimum absolute atomic E-state index is 0.150. The fraction of sp³-hybridized carbons (Fsp3) is 0.125. The zero-order chi connectivity index (χ0) is 16.4. The predicted octanol–water partition coefficient (Wildman–Crippen LogP) is 1.30. The summed E-state index contributed by atoms with van der Waals surface area (Å²) in [5.41, 5.74) is 0.735. The van der Waals surface area contributed by atoms with Crippen LogP contribution >= 0.6 is 0 Å². The van der Waals surface area contributed by atoms with Crippen molar-refractivity contribution in [3.05, 3.63) is 69.2 Å². The molecule has 0 bridgehead atoms. The minimum atomic E-state index is -0.497. The molecule has 2 heterocycles. The normalized spacial score (nSPS) is 10.7. The number of rotatable bonds is 3. The Balaban J connectivity index is 1.84. The van der Waals surface area contributed by atoms with Gasteiger partial charge in [0.15, 0.2) is 0 Å². The summed E-state index contributed by atoms with van der Waals surface area (Å²) < 4.78 is 6.33. The molecule has 0 aliphatic heterocycles. The Hall–Kier alpha value is -3.22. The molecule has 23 heavy (non-hydrogen) atoms. The second-order valence-corrected chi connectivity index (χ2v) is 5.04. The molecule has 0 aliphatic rings. The maximum atomic E-state index is 12.0. The fourth-order valence-corrected chi connectivity index (χ4v) is 2.27. The van der Waals surface area contributed by atoms with Gasteiger partial charge in [-0.1, -0.05) is 0 Å². The van der Waals surface area contributed by atoms with Crippen molar-refractivity contribution in [2.24, 2.45) is 0 Å². The van der Waals surface area contributed by atoms with E-state index in [0.29, 0.717) is 11.3 Å². The zero-order valence-corrected chi connectivity index (χ0v) is 12.3. The van der Waals surface area contributed by atoms with E-state index in [9.17, 15) is 14.4 Å². The van der Waals surface area contributed by atoms with Gasteiger partial charge in [0.2, 0.25) is 5.91 Å². The number of carbonyl (C=O) groups is 1. The summed E-state index contributed by atoms with van der Waals surface area (Å²) in [6, 6.07) is 8.03. The van der Waals surface area contributed by atoms with E-state index in [1.807, 2.05) is 6.92 Å². The molecule has 0 radical (unpaired) electrons. The summed E-state index contributed by atoms with van der Waals surface area (Å²) in [5, 5.41) is 3.46. The molecule has 2 aromatic heterocycles. The first-order chi connectivity index (χ1) is 11.0. The van der Waals surface area contributed by atoms with Crippen LogP contribution in [0.1, 0.15) is 5.56 Å². The molecule has 0 saturated carbocycles. The molecule has 0 atom stereocenters. The first-order valence-electron chi connectivity index (χ1n) is 6.89. The number of hydrogen-bond donors (Lipinski definition) is 1. The van der Waals surface area contributed by atoms with Gasteiger partial charge in [-0.3, -0.25) is 9.36 Å². The molecule has 3 rings (SSSR count). The number of amides is 1. The second-order valence-electron chi connectivity index (χ2n) is 5.04. The van der Waals surface area contributed by atoms with E-state index >= 15 is 0 Å². The standard InChI is InChI=1S/C16H13N3O4/c1-10-7-15(21)23-13-8-11(3-4-12(10)13)18-14(20)9-19-6-2-5-17-16(19)22/h2-8H,9H2,1H3,(H,18,20). The van der Waals surface area contributed by atoms with Gasteiger partial charge >= 0.3 is 11.3 Å². The highest BCUT2D eigenvalue weighted by Crippen LogP contribution is 2.20. The van der Waals surface area contributed by atoms with Crippen molar-refractivity contribution in [1.29, 1.82) is 0 Å². The van der Waals surface area contributed by atoms with Gasteiger partial charge in [0.25, 0.3) is 0 Å². The van der Waals surface area contributed by atoms with E-state index in [1.165, 1.54) is 23.0 Å². The summed E-state index contributed by atoms with van der Waals surface area (Å²) in [6.45, 7) is 1.66. The topological polar surface area (TPSA) is 94.2 Å². The van der Waals surface area contributed by atoms with Gasteiger partial charge in [0.1, 0.15) is 12.1 Å². The Labute approximate surface area is 130 Å². The lowest BCUT2D eigenvalue weighted by molar-refractivity contribution is -0.116. The van der Waals surface area contributed by atoms with Crippen LogP contribution in [0, 0.1) is 6.92 Å². The Bertz CT molecular complexity index is 1000. The van der Waals surface area contributed by atoms with Gasteiger partial charge in [0.05, 0.1) is 0 Å². The number of nitrogens with zero attached hydrogens (tertiary/aromatic N) is 2. The summed E-state index contributed by atoms with van der Waals surface area (Å²) in [4.78, 5) is 38.5. The predicted molar refractivity (Wildman–Crippen MR) is 84.3 cm³/mol. The Kier molecular flexibility index (Phi) is 3.76. The third-order valence-corrected chi connectivity index (χ3v) is 3.33. The molecule has 1 aromatic carbocycles. The molecule has 7 heteroatoms. The highest BCUT2D eigenvalue weighted by molar-refractivity contribution is 5.93. The first-order valence-corrected chi connectivity index (χ1v) is 6.89. The molecule has 0 aliphatic carbocycles. The lowest BCUT2D eigenvalue weighted by Crippen LogP contribution is -2.28. The molecular weight excluding hydrogens is 298 g/mol. The van der Waals surface area contributed by atoms with Crippen LogP contribution in [-0.2, 0) is 11.3 Å². The molecule has 3 aromatic rings. The van der Waals surface area contributed by atoms with Crippen LogP contribution in [0.4, 0.5) is 5.69 Å². The van der Waals surface area contributed by atoms with Crippen molar-refractivity contribution in [1.82, 2.24) is 9.55 Å². The quantitative estimate of drug-likeness (QED) is 0.736. The van der Waals surface area contributed by atoms with E-state index in [-0.39, 0.29) is 12.5 Å². The minimum Gasteiger partial charge on any atom is -0.423 e. The summed E-state index contributed by atoms with van der Waals surface area (Å²) in [6.07, 6.45) is 2.85. The molecule has 0 fully saturated rings. The van der Waals surface area contributed by atoms with Crippen LogP contribution in [0.2, 0.25) is 0 Å². The number of fused-ring (bicyclic) bond motifs is 1. The number of nitrogens with one attached hydrogen (secondary N) is 1. The molecular formula is C16H13N3O4. The van der Waals surface area contributed by atoms with Gasteiger partial charge in [0, 0.05) is 35.6 Å². The number of anilines is 1. The Morgan fingerprint density at radius 1 is 1.30 bits per heavy atom. The molecule has 1 amide bonds. The molecule has 0 saturated heterocycles. The van der Waals surface area contributed by atoms with Crippen LogP contribution in [-0.4, -0.2) is 15.5 Å². The zero-order valence-electron chi connectivity index (χ0n) is 12.3. The van der Waals surface area contributed by atoms with Crippen LogP contribution < -0.4 is 16.6 Å². The third kappa shape index (κ3) is 3.18. The third-order valence-electron chi connectivity index (χ3n) is 3.33. The first kappa shape index (κ1) is 14.7. The van der Waals surface area contributed by atoms with Crippen LogP contribution in [0.5, 0.6) is 0 Å². The van der Waals surface area contributed by atoms with Crippen molar-refractivity contribution in [3.63, 3.8) is 0 Å². The number of hydrogen-bond acceptors (Lipinski definition) is 5. The van der Waals surface area contributed by atoms with E-state index in [4.69, 9.17) is 4.42 Å². The molecule has 0 spiro atoms. The second kappa shape index (κ2) is 5.88. The number of carbonyl (C=O) groups excluding carboxylic acids is 1. The largest absolute Gasteiger partial charge is 0.423 e. The summed E-state index contributed by atoms with van der Waals surface area (Å²) >= 11 is 0.